The van der Waals surface area contributed by atoms with Gasteiger partial charge in [0.1, 0.15) is 17.6 Å². The van der Waals surface area contributed by atoms with Crippen molar-refractivity contribution in [3.63, 3.8) is 0 Å². The quantitative estimate of drug-likeness (QED) is 0.292. The molecule has 17 heteroatoms. The molecular formula is C18H9N5O12. The summed E-state index contributed by atoms with van der Waals surface area (Å²) >= 11 is 0. The summed E-state index contributed by atoms with van der Waals surface area (Å²) in [4.78, 5) is 51.8. The summed E-state index contributed by atoms with van der Waals surface area (Å²) in [5, 5.41) is 57.1. The Balaban J connectivity index is 2.29. The molecule has 0 unspecified atom stereocenters. The monoisotopic (exact) mass is 487 g/mol. The number of non-ortho nitro benzene ring substituents is 2. The number of nitro benzene ring substituents is 5. The van der Waals surface area contributed by atoms with Gasteiger partial charge in [-0.15, -0.1) is 0 Å². The molecule has 0 N–H and O–H groups in total. The number of ether oxygens (including phenoxy) is 2. The maximum absolute atomic E-state index is 11.9. The van der Waals surface area contributed by atoms with Crippen LogP contribution in [0.5, 0.6) is 23.0 Å². The lowest BCUT2D eigenvalue weighted by atomic mass is 10.2. The molecule has 178 valence electrons. The van der Waals surface area contributed by atoms with Gasteiger partial charge >= 0.3 is 17.1 Å². The summed E-state index contributed by atoms with van der Waals surface area (Å²) in [7, 11) is 0. The highest BCUT2D eigenvalue weighted by Crippen LogP contribution is 2.52. The fourth-order valence-electron chi connectivity index (χ4n) is 2.80. The predicted octanol–water partition coefficient (Wildman–Crippen LogP) is 4.81. The number of nitrogens with zero attached hydrogens (tertiary/aromatic N) is 5. The van der Waals surface area contributed by atoms with Crippen LogP contribution in [0.15, 0.2) is 54.6 Å². The Morgan fingerprint density at radius 1 is 0.514 bits per heavy atom. The summed E-state index contributed by atoms with van der Waals surface area (Å²) in [6.45, 7) is 0. The highest BCUT2D eigenvalue weighted by molar-refractivity contribution is 5.76. The second kappa shape index (κ2) is 9.40. The van der Waals surface area contributed by atoms with E-state index in [0.717, 1.165) is 48.5 Å². The average molecular weight is 487 g/mol. The first-order chi connectivity index (χ1) is 16.5. The molecule has 0 aliphatic carbocycles. The van der Waals surface area contributed by atoms with Crippen molar-refractivity contribution in [1.82, 2.24) is 0 Å². The molecule has 3 aromatic rings. The van der Waals surface area contributed by atoms with Crippen molar-refractivity contribution in [2.45, 2.75) is 0 Å². The second-order valence-electron chi connectivity index (χ2n) is 6.41. The average Bonchev–Trinajstić information content (AvgIpc) is 2.78. The molecule has 0 heterocycles. The maximum atomic E-state index is 11.9. The Kier molecular flexibility index (Phi) is 6.42. The topological polar surface area (TPSA) is 234 Å². The van der Waals surface area contributed by atoms with Gasteiger partial charge in [-0.25, -0.2) is 0 Å². The third-order valence-corrected chi connectivity index (χ3v) is 4.24. The van der Waals surface area contributed by atoms with Crippen LogP contribution in [0.3, 0.4) is 0 Å². The number of hydrogen-bond donors (Lipinski definition) is 0. The molecule has 0 fully saturated rings. The van der Waals surface area contributed by atoms with Crippen LogP contribution in [0, 0.1) is 50.6 Å². The number of nitro groups is 5. The minimum absolute atomic E-state index is 0.340. The van der Waals surface area contributed by atoms with E-state index in [4.69, 9.17) is 9.47 Å². The van der Waals surface area contributed by atoms with Crippen molar-refractivity contribution >= 4 is 28.4 Å². The van der Waals surface area contributed by atoms with Crippen molar-refractivity contribution in [2.75, 3.05) is 0 Å². The predicted molar refractivity (Wildman–Crippen MR) is 113 cm³/mol. The van der Waals surface area contributed by atoms with E-state index in [0.29, 0.717) is 6.07 Å². The molecule has 17 nitrogen and oxygen atoms in total. The molecule has 0 atom stereocenters. The molecule has 0 amide bonds. The van der Waals surface area contributed by atoms with Crippen LogP contribution in [0.25, 0.3) is 0 Å². The van der Waals surface area contributed by atoms with Crippen LogP contribution in [0.4, 0.5) is 28.4 Å². The van der Waals surface area contributed by atoms with Crippen LogP contribution in [0.1, 0.15) is 0 Å². The Morgan fingerprint density at radius 2 is 0.914 bits per heavy atom. The van der Waals surface area contributed by atoms with Gasteiger partial charge in [-0.2, -0.15) is 0 Å². The second-order valence-corrected chi connectivity index (χ2v) is 6.41. The van der Waals surface area contributed by atoms with E-state index in [-0.39, 0.29) is 0 Å². The van der Waals surface area contributed by atoms with Crippen LogP contribution >= 0.6 is 0 Å². The summed E-state index contributed by atoms with van der Waals surface area (Å²) in [5.41, 5.74) is -4.79. The molecule has 0 aliphatic rings. The molecule has 0 aliphatic heterocycles. The molecule has 0 saturated carbocycles. The molecular weight excluding hydrogens is 478 g/mol. The van der Waals surface area contributed by atoms with Crippen molar-refractivity contribution < 1.29 is 34.1 Å². The molecule has 3 rings (SSSR count). The van der Waals surface area contributed by atoms with E-state index in [1.807, 2.05) is 0 Å². The Morgan fingerprint density at radius 3 is 1.23 bits per heavy atom. The zero-order valence-corrected chi connectivity index (χ0v) is 16.8. The molecule has 0 bridgehead atoms. The maximum Gasteiger partial charge on any atom is 0.368 e. The number of benzene rings is 3. The molecule has 3 aromatic carbocycles. The van der Waals surface area contributed by atoms with Gasteiger partial charge in [-0.05, 0) is 12.1 Å². The fraction of sp³-hybridized carbons (Fsp3) is 0. The van der Waals surface area contributed by atoms with E-state index < -0.39 is 76.1 Å². The largest absolute Gasteiger partial charge is 0.444 e. The van der Waals surface area contributed by atoms with Gasteiger partial charge in [0.15, 0.2) is 0 Å². The van der Waals surface area contributed by atoms with Crippen LogP contribution in [0.2, 0.25) is 0 Å². The summed E-state index contributed by atoms with van der Waals surface area (Å²) < 4.78 is 10.5. The first-order valence-corrected chi connectivity index (χ1v) is 8.98. The van der Waals surface area contributed by atoms with Crippen LogP contribution in [-0.4, -0.2) is 24.6 Å². The van der Waals surface area contributed by atoms with Crippen LogP contribution in [-0.2, 0) is 0 Å². The van der Waals surface area contributed by atoms with Gasteiger partial charge in [0.2, 0.25) is 0 Å². The van der Waals surface area contributed by atoms with E-state index in [2.05, 4.69) is 0 Å². The van der Waals surface area contributed by atoms with Crippen molar-refractivity contribution in [3.8, 4) is 23.0 Å². The molecule has 35 heavy (non-hydrogen) atoms. The zero-order valence-electron chi connectivity index (χ0n) is 16.8. The van der Waals surface area contributed by atoms with E-state index >= 15 is 0 Å². The van der Waals surface area contributed by atoms with E-state index in [9.17, 15) is 50.6 Å². The first-order valence-electron chi connectivity index (χ1n) is 8.98. The fourth-order valence-corrected chi connectivity index (χ4v) is 2.80. The van der Waals surface area contributed by atoms with Gasteiger partial charge in [0, 0.05) is 12.1 Å². The molecule has 0 saturated heterocycles. The van der Waals surface area contributed by atoms with Gasteiger partial charge in [0.05, 0.1) is 36.7 Å². The lowest BCUT2D eigenvalue weighted by Crippen LogP contribution is -2.04. The standard InChI is InChI=1S/C18H9N5O12/c24-19(25)10-3-1-5-12(7-10)34-17-14(21(28)29)9-15(22(30)31)18(16(17)23(32)33)35-13-6-2-4-11(8-13)20(26)27/h1-9H. The lowest BCUT2D eigenvalue weighted by Gasteiger charge is -2.11. The van der Waals surface area contributed by atoms with Gasteiger partial charge in [-0.3, -0.25) is 50.6 Å². The number of hydrogen-bond acceptors (Lipinski definition) is 12. The zero-order chi connectivity index (χ0) is 25.9. The summed E-state index contributed by atoms with van der Waals surface area (Å²) in [6.07, 6.45) is 0. The number of rotatable bonds is 9. The summed E-state index contributed by atoms with van der Waals surface area (Å²) in [5.74, 6) is -3.10. The Bertz CT molecular complexity index is 1310. The van der Waals surface area contributed by atoms with Gasteiger partial charge in [-0.1, -0.05) is 12.1 Å². The highest BCUT2D eigenvalue weighted by Gasteiger charge is 2.41. The Labute approximate surface area is 191 Å². The normalized spacial score (nSPS) is 10.3. The molecule has 0 aromatic heterocycles. The first kappa shape index (κ1) is 23.9. The molecule has 0 spiro atoms. The summed E-state index contributed by atoms with van der Waals surface area (Å²) in [6, 6.07) is 8.56. The third kappa shape index (κ3) is 5.03. The SMILES string of the molecule is O=[N+]([O-])c1cccc(Oc2c([N+](=O)[O-])cc([N+](=O)[O-])c(Oc3cccc([N+](=O)[O-])c3)c2[N+](=O)[O-])c1. The Hall–Kier alpha value is -5.74. The minimum atomic E-state index is -1.36. The van der Waals surface area contributed by atoms with Crippen LogP contribution < -0.4 is 9.47 Å². The van der Waals surface area contributed by atoms with Crippen molar-refractivity contribution in [1.29, 1.82) is 0 Å². The lowest BCUT2D eigenvalue weighted by molar-refractivity contribution is -0.405. The van der Waals surface area contributed by atoms with Crippen molar-refractivity contribution in [2.24, 2.45) is 0 Å². The van der Waals surface area contributed by atoms with Crippen molar-refractivity contribution in [3.05, 3.63) is 105 Å². The highest BCUT2D eigenvalue weighted by atomic mass is 16.7. The third-order valence-electron chi connectivity index (χ3n) is 4.24. The van der Waals surface area contributed by atoms with Gasteiger partial charge < -0.3 is 9.47 Å². The van der Waals surface area contributed by atoms with Gasteiger partial charge in [0.25, 0.3) is 22.9 Å². The van der Waals surface area contributed by atoms with E-state index in [1.165, 1.54) is 0 Å². The smallest absolute Gasteiger partial charge is 0.368 e. The van der Waals surface area contributed by atoms with E-state index in [1.54, 1.807) is 0 Å². The minimum Gasteiger partial charge on any atom is -0.444 e. The molecule has 0 radical (unpaired) electrons.